The molecule has 0 fully saturated rings. The lowest BCUT2D eigenvalue weighted by atomic mass is 10.2. The van der Waals surface area contributed by atoms with Crippen LogP contribution in [0.15, 0.2) is 0 Å². The molecule has 0 heterocycles. The van der Waals surface area contributed by atoms with Gasteiger partial charge >= 0.3 is 18.5 Å². The minimum Gasteiger partial charge on any atom is -0.230 e. The number of rotatable bonds is 2. The highest BCUT2D eigenvalue weighted by Crippen LogP contribution is 2.38. The Morgan fingerprint density at radius 3 is 1.17 bits per heavy atom. The summed E-state index contributed by atoms with van der Waals surface area (Å²) in [5.74, 6) is -5.68. The van der Waals surface area contributed by atoms with Gasteiger partial charge in [0.1, 0.15) is 0 Å². The second-order valence-corrected chi connectivity index (χ2v) is 1.88. The third kappa shape index (κ3) is 2.21. The minimum atomic E-state index is -5.97. The predicted molar refractivity (Wildman–Crippen MR) is 21.9 cm³/mol. The van der Waals surface area contributed by atoms with Gasteiger partial charge in [0, 0.05) is 0 Å². The smallest absolute Gasteiger partial charge is 0.230 e. The average Bonchev–Trinajstić information content (AvgIpc) is 1.83. The summed E-state index contributed by atoms with van der Waals surface area (Å²) in [5.41, 5.74) is 0. The van der Waals surface area contributed by atoms with Crippen molar-refractivity contribution in [3.8, 4) is 0 Å². The maximum absolute atomic E-state index is 11.6. The second-order valence-electron chi connectivity index (χ2n) is 1.88. The summed E-state index contributed by atoms with van der Waals surface area (Å²) in [5, 5.41) is 0. The van der Waals surface area contributed by atoms with Crippen LogP contribution in [0.4, 0.5) is 35.1 Å². The van der Waals surface area contributed by atoms with Crippen molar-refractivity contribution >= 4 is 0 Å². The van der Waals surface area contributed by atoms with Gasteiger partial charge in [-0.3, -0.25) is 0 Å². The zero-order valence-corrected chi connectivity index (χ0v) is 5.18. The SMILES string of the molecule is FC(F)C(F)(F)C(F)C(F)(F)F. The number of hydrogen-bond acceptors (Lipinski definition) is 0. The Hall–Kier alpha value is -0.560. The van der Waals surface area contributed by atoms with Gasteiger partial charge in [0.05, 0.1) is 0 Å². The van der Waals surface area contributed by atoms with Crippen LogP contribution in [-0.2, 0) is 0 Å². The van der Waals surface area contributed by atoms with E-state index in [0.717, 1.165) is 0 Å². The summed E-state index contributed by atoms with van der Waals surface area (Å²) in [6.07, 6.45) is -15.5. The van der Waals surface area contributed by atoms with Gasteiger partial charge in [0.25, 0.3) is 6.17 Å². The highest BCUT2D eigenvalue weighted by Gasteiger charge is 2.61. The molecule has 0 aliphatic heterocycles. The van der Waals surface area contributed by atoms with Gasteiger partial charge < -0.3 is 0 Å². The fraction of sp³-hybridized carbons (Fsp3) is 1.00. The molecule has 0 aromatic rings. The molecule has 0 nitrogen and oxygen atoms in total. The van der Waals surface area contributed by atoms with Gasteiger partial charge in [0.15, 0.2) is 0 Å². The van der Waals surface area contributed by atoms with E-state index in [1.165, 1.54) is 0 Å². The normalized spacial score (nSPS) is 16.8. The molecule has 1 atom stereocenters. The van der Waals surface area contributed by atoms with Crippen LogP contribution in [-0.4, -0.2) is 24.7 Å². The van der Waals surface area contributed by atoms with E-state index in [1.54, 1.807) is 0 Å². The summed E-state index contributed by atoms with van der Waals surface area (Å²) in [6, 6.07) is 0. The first kappa shape index (κ1) is 11.4. The van der Waals surface area contributed by atoms with E-state index in [0.29, 0.717) is 0 Å². The molecule has 0 aliphatic rings. The summed E-state index contributed by atoms with van der Waals surface area (Å²) >= 11 is 0. The molecule has 0 saturated heterocycles. The molecule has 74 valence electrons. The molecular formula is C4H2F8. The third-order valence-corrected chi connectivity index (χ3v) is 0.916. The van der Waals surface area contributed by atoms with Crippen molar-refractivity contribution in [3.05, 3.63) is 0 Å². The average molecular weight is 202 g/mol. The molecule has 0 bridgehead atoms. The first-order valence-electron chi connectivity index (χ1n) is 2.47. The lowest BCUT2D eigenvalue weighted by Gasteiger charge is -2.21. The van der Waals surface area contributed by atoms with Crippen molar-refractivity contribution in [1.29, 1.82) is 0 Å². The number of hydrogen-bond donors (Lipinski definition) is 0. The van der Waals surface area contributed by atoms with Crippen LogP contribution in [0.25, 0.3) is 0 Å². The quantitative estimate of drug-likeness (QED) is 0.604. The Morgan fingerprint density at radius 1 is 0.750 bits per heavy atom. The van der Waals surface area contributed by atoms with Crippen molar-refractivity contribution < 1.29 is 35.1 Å². The molecule has 12 heavy (non-hydrogen) atoms. The van der Waals surface area contributed by atoms with Crippen molar-refractivity contribution in [2.45, 2.75) is 24.7 Å². The molecule has 0 aliphatic carbocycles. The van der Waals surface area contributed by atoms with Gasteiger partial charge in [-0.25, -0.2) is 13.2 Å². The van der Waals surface area contributed by atoms with E-state index < -0.39 is 24.7 Å². The van der Waals surface area contributed by atoms with Gasteiger partial charge in [-0.1, -0.05) is 0 Å². The fourth-order valence-electron chi connectivity index (χ4n) is 0.329. The lowest BCUT2D eigenvalue weighted by Crippen LogP contribution is -2.46. The Balaban J connectivity index is 4.57. The molecule has 0 spiro atoms. The van der Waals surface area contributed by atoms with E-state index in [9.17, 15) is 35.1 Å². The largest absolute Gasteiger partial charge is 0.425 e. The Bertz CT molecular complexity index is 146. The fourth-order valence-corrected chi connectivity index (χ4v) is 0.329. The molecular weight excluding hydrogens is 200 g/mol. The topological polar surface area (TPSA) is 0 Å². The Morgan fingerprint density at radius 2 is 1.08 bits per heavy atom. The molecule has 0 aromatic heterocycles. The van der Waals surface area contributed by atoms with Crippen molar-refractivity contribution in [1.82, 2.24) is 0 Å². The van der Waals surface area contributed by atoms with E-state index in [-0.39, 0.29) is 0 Å². The summed E-state index contributed by atoms with van der Waals surface area (Å²) in [7, 11) is 0. The van der Waals surface area contributed by atoms with E-state index >= 15 is 0 Å². The maximum Gasteiger partial charge on any atom is 0.425 e. The molecule has 0 amide bonds. The molecule has 0 rings (SSSR count). The predicted octanol–water partition coefficient (Wildman–Crippen LogP) is 2.79. The summed E-state index contributed by atoms with van der Waals surface area (Å²) in [4.78, 5) is 0. The minimum absolute atomic E-state index is 4.67. The van der Waals surface area contributed by atoms with Crippen molar-refractivity contribution in [2.24, 2.45) is 0 Å². The Labute approximate surface area is 61.2 Å². The monoisotopic (exact) mass is 202 g/mol. The number of halogens is 8. The van der Waals surface area contributed by atoms with Crippen molar-refractivity contribution in [3.63, 3.8) is 0 Å². The van der Waals surface area contributed by atoms with Crippen molar-refractivity contribution in [2.75, 3.05) is 0 Å². The molecule has 0 saturated carbocycles. The molecule has 8 heteroatoms. The van der Waals surface area contributed by atoms with Gasteiger partial charge in [-0.2, -0.15) is 22.0 Å². The summed E-state index contributed by atoms with van der Waals surface area (Å²) < 4.78 is 90.3. The van der Waals surface area contributed by atoms with Crippen LogP contribution >= 0.6 is 0 Å². The van der Waals surface area contributed by atoms with Gasteiger partial charge in [0.2, 0.25) is 0 Å². The van der Waals surface area contributed by atoms with Crippen LogP contribution in [0.2, 0.25) is 0 Å². The number of alkyl halides is 8. The standard InChI is InChI=1S/C4H2F8/c5-1(4(10,11)12)3(8,9)2(6)7/h1-2H. The van der Waals surface area contributed by atoms with Gasteiger partial charge in [-0.05, 0) is 0 Å². The molecule has 0 radical (unpaired) electrons. The van der Waals surface area contributed by atoms with Crippen LogP contribution in [0.3, 0.4) is 0 Å². The lowest BCUT2D eigenvalue weighted by molar-refractivity contribution is -0.274. The molecule has 0 aromatic carbocycles. The van der Waals surface area contributed by atoms with Crippen LogP contribution in [0.5, 0.6) is 0 Å². The third-order valence-electron chi connectivity index (χ3n) is 0.916. The Kier molecular flexibility index (Phi) is 2.92. The van der Waals surface area contributed by atoms with Crippen LogP contribution < -0.4 is 0 Å². The molecule has 0 N–H and O–H groups in total. The van der Waals surface area contributed by atoms with E-state index in [2.05, 4.69) is 0 Å². The van der Waals surface area contributed by atoms with Crippen LogP contribution in [0, 0.1) is 0 Å². The first-order valence-corrected chi connectivity index (χ1v) is 2.47. The zero-order chi connectivity index (χ0) is 10.2. The second kappa shape index (κ2) is 3.06. The highest BCUT2D eigenvalue weighted by atomic mass is 19.4. The van der Waals surface area contributed by atoms with E-state index in [1.807, 2.05) is 0 Å². The van der Waals surface area contributed by atoms with E-state index in [4.69, 9.17) is 0 Å². The maximum atomic E-state index is 11.6. The van der Waals surface area contributed by atoms with Crippen LogP contribution in [0.1, 0.15) is 0 Å². The zero-order valence-electron chi connectivity index (χ0n) is 5.18. The highest BCUT2D eigenvalue weighted by molar-refractivity contribution is 4.84. The molecule has 1 unspecified atom stereocenters. The van der Waals surface area contributed by atoms with Gasteiger partial charge in [-0.15, -0.1) is 0 Å². The summed E-state index contributed by atoms with van der Waals surface area (Å²) in [6.45, 7) is 0. The first-order chi connectivity index (χ1) is 5.10.